The zero-order valence-corrected chi connectivity index (χ0v) is 14.8. The number of carbonyl (C=O) groups excluding carboxylic acids is 1. The van der Waals surface area contributed by atoms with Gasteiger partial charge in [-0.1, -0.05) is 0 Å². The maximum absolute atomic E-state index is 12.6. The van der Waals surface area contributed by atoms with Gasteiger partial charge in [0.1, 0.15) is 24.2 Å². The Morgan fingerprint density at radius 1 is 1.12 bits per heavy atom. The minimum absolute atomic E-state index is 0.174. The second-order valence-electron chi connectivity index (χ2n) is 5.69. The summed E-state index contributed by atoms with van der Waals surface area (Å²) in [5.74, 6) is 1.23. The van der Waals surface area contributed by atoms with Crippen LogP contribution in [0.3, 0.4) is 0 Å². The summed E-state index contributed by atoms with van der Waals surface area (Å²) in [6, 6.07) is 12.4. The third-order valence-electron chi connectivity index (χ3n) is 4.06. The van der Waals surface area contributed by atoms with E-state index < -0.39 is 0 Å². The van der Waals surface area contributed by atoms with Crippen molar-refractivity contribution in [1.29, 1.82) is 0 Å². The van der Waals surface area contributed by atoms with Crippen LogP contribution in [-0.2, 0) is 0 Å². The molecule has 0 aliphatic carbocycles. The van der Waals surface area contributed by atoms with Gasteiger partial charge in [-0.2, -0.15) is 5.10 Å². The SMILES string of the molecule is COc1ccc(OC)c([C@H](C)NC(=O)c2ccc(-n3cncn3)cc2)c1. The standard InChI is InChI=1S/C19H20N4O3/c1-13(17-10-16(25-2)8-9-18(17)26-3)22-19(24)14-4-6-15(7-5-14)23-12-20-11-21-23/h4-13H,1-3H3,(H,22,24)/t13-/m0/s1. The Kier molecular flexibility index (Phi) is 5.17. The second kappa shape index (κ2) is 7.69. The van der Waals surface area contributed by atoms with E-state index in [4.69, 9.17) is 9.47 Å². The average Bonchev–Trinajstić information content (AvgIpc) is 3.22. The van der Waals surface area contributed by atoms with Gasteiger partial charge in [0.2, 0.25) is 0 Å². The molecule has 0 radical (unpaired) electrons. The van der Waals surface area contributed by atoms with Crippen LogP contribution in [0.25, 0.3) is 5.69 Å². The quantitative estimate of drug-likeness (QED) is 0.738. The van der Waals surface area contributed by atoms with Crippen molar-refractivity contribution in [1.82, 2.24) is 20.1 Å². The summed E-state index contributed by atoms with van der Waals surface area (Å²) in [7, 11) is 3.20. The number of hydrogen-bond acceptors (Lipinski definition) is 5. The number of aromatic nitrogens is 3. The van der Waals surface area contributed by atoms with Crippen LogP contribution in [0.4, 0.5) is 0 Å². The number of ether oxygens (including phenoxy) is 2. The van der Waals surface area contributed by atoms with Gasteiger partial charge in [-0.05, 0) is 49.4 Å². The molecular weight excluding hydrogens is 332 g/mol. The number of benzene rings is 2. The monoisotopic (exact) mass is 352 g/mol. The van der Waals surface area contributed by atoms with Gasteiger partial charge in [-0.25, -0.2) is 9.67 Å². The maximum Gasteiger partial charge on any atom is 0.251 e. The highest BCUT2D eigenvalue weighted by atomic mass is 16.5. The minimum Gasteiger partial charge on any atom is -0.497 e. The fraction of sp³-hybridized carbons (Fsp3) is 0.211. The fourth-order valence-electron chi connectivity index (χ4n) is 2.64. The van der Waals surface area contributed by atoms with E-state index in [-0.39, 0.29) is 11.9 Å². The topological polar surface area (TPSA) is 78.3 Å². The molecule has 0 bridgehead atoms. The highest BCUT2D eigenvalue weighted by Gasteiger charge is 2.16. The average molecular weight is 352 g/mol. The van der Waals surface area contributed by atoms with E-state index in [1.807, 2.05) is 37.3 Å². The lowest BCUT2D eigenvalue weighted by atomic mass is 10.1. The number of methoxy groups -OCH3 is 2. The van der Waals surface area contributed by atoms with E-state index in [2.05, 4.69) is 15.4 Å². The van der Waals surface area contributed by atoms with Crippen molar-refractivity contribution in [3.8, 4) is 17.2 Å². The summed E-state index contributed by atoms with van der Waals surface area (Å²) < 4.78 is 12.3. The smallest absolute Gasteiger partial charge is 0.251 e. The minimum atomic E-state index is -0.248. The number of amides is 1. The van der Waals surface area contributed by atoms with E-state index in [9.17, 15) is 4.79 Å². The normalized spacial score (nSPS) is 11.7. The van der Waals surface area contributed by atoms with Crippen LogP contribution in [0.15, 0.2) is 55.1 Å². The molecule has 1 amide bonds. The number of carbonyl (C=O) groups is 1. The Balaban J connectivity index is 1.75. The van der Waals surface area contributed by atoms with Gasteiger partial charge < -0.3 is 14.8 Å². The zero-order chi connectivity index (χ0) is 18.5. The Hall–Kier alpha value is -3.35. The van der Waals surface area contributed by atoms with Gasteiger partial charge in [0.15, 0.2) is 0 Å². The summed E-state index contributed by atoms with van der Waals surface area (Å²) in [6.07, 6.45) is 3.07. The Labute approximate surface area is 151 Å². The van der Waals surface area contributed by atoms with Crippen LogP contribution in [0.5, 0.6) is 11.5 Å². The molecule has 1 N–H and O–H groups in total. The van der Waals surface area contributed by atoms with Crippen molar-refractivity contribution in [2.45, 2.75) is 13.0 Å². The molecule has 0 saturated heterocycles. The first-order valence-electron chi connectivity index (χ1n) is 8.10. The molecular formula is C19H20N4O3. The molecule has 3 rings (SSSR count). The Morgan fingerprint density at radius 3 is 2.50 bits per heavy atom. The summed E-state index contributed by atoms with van der Waals surface area (Å²) in [5, 5.41) is 7.05. The van der Waals surface area contributed by atoms with Crippen molar-refractivity contribution in [3.05, 3.63) is 66.2 Å². The van der Waals surface area contributed by atoms with Crippen LogP contribution in [-0.4, -0.2) is 34.9 Å². The lowest BCUT2D eigenvalue weighted by molar-refractivity contribution is 0.0939. The summed E-state index contributed by atoms with van der Waals surface area (Å²) in [4.78, 5) is 16.5. The van der Waals surface area contributed by atoms with Crippen LogP contribution < -0.4 is 14.8 Å². The number of nitrogens with one attached hydrogen (secondary N) is 1. The van der Waals surface area contributed by atoms with Crippen molar-refractivity contribution >= 4 is 5.91 Å². The van der Waals surface area contributed by atoms with Gasteiger partial charge in [-0.3, -0.25) is 4.79 Å². The first-order chi connectivity index (χ1) is 12.6. The summed E-state index contributed by atoms with van der Waals surface area (Å²) in [5.41, 5.74) is 2.24. The first-order valence-corrected chi connectivity index (χ1v) is 8.10. The molecule has 1 aromatic heterocycles. The number of nitrogens with zero attached hydrogens (tertiary/aromatic N) is 3. The van der Waals surface area contributed by atoms with Crippen molar-refractivity contribution in [2.75, 3.05) is 14.2 Å². The Morgan fingerprint density at radius 2 is 1.88 bits per heavy atom. The molecule has 1 heterocycles. The molecule has 3 aromatic rings. The predicted molar refractivity (Wildman–Crippen MR) is 96.8 cm³/mol. The lowest BCUT2D eigenvalue weighted by Crippen LogP contribution is -2.27. The third kappa shape index (κ3) is 3.66. The molecule has 26 heavy (non-hydrogen) atoms. The predicted octanol–water partition coefficient (Wildman–Crippen LogP) is 2.78. The molecule has 0 aliphatic heterocycles. The van der Waals surface area contributed by atoms with Gasteiger partial charge >= 0.3 is 0 Å². The highest BCUT2D eigenvalue weighted by molar-refractivity contribution is 5.94. The largest absolute Gasteiger partial charge is 0.497 e. The number of rotatable bonds is 6. The molecule has 134 valence electrons. The molecule has 0 aliphatic rings. The summed E-state index contributed by atoms with van der Waals surface area (Å²) in [6.45, 7) is 1.90. The van der Waals surface area contributed by atoms with Crippen LogP contribution in [0, 0.1) is 0 Å². The molecule has 7 nitrogen and oxygen atoms in total. The van der Waals surface area contributed by atoms with Crippen molar-refractivity contribution in [2.24, 2.45) is 0 Å². The second-order valence-corrected chi connectivity index (χ2v) is 5.69. The molecule has 1 atom stereocenters. The molecule has 0 saturated carbocycles. The van der Waals surface area contributed by atoms with E-state index in [1.165, 1.54) is 6.33 Å². The van der Waals surface area contributed by atoms with Gasteiger partial charge in [0.25, 0.3) is 5.91 Å². The van der Waals surface area contributed by atoms with Crippen LogP contribution in [0.2, 0.25) is 0 Å². The summed E-state index contributed by atoms with van der Waals surface area (Å²) >= 11 is 0. The zero-order valence-electron chi connectivity index (χ0n) is 14.8. The highest BCUT2D eigenvalue weighted by Crippen LogP contribution is 2.29. The molecule has 0 spiro atoms. The van der Waals surface area contributed by atoms with E-state index >= 15 is 0 Å². The van der Waals surface area contributed by atoms with Crippen molar-refractivity contribution < 1.29 is 14.3 Å². The van der Waals surface area contributed by atoms with Crippen LogP contribution >= 0.6 is 0 Å². The van der Waals surface area contributed by atoms with E-state index in [0.717, 1.165) is 11.3 Å². The van der Waals surface area contributed by atoms with Crippen molar-refractivity contribution in [3.63, 3.8) is 0 Å². The van der Waals surface area contributed by atoms with Crippen LogP contribution in [0.1, 0.15) is 28.9 Å². The number of hydrogen-bond donors (Lipinski definition) is 1. The molecule has 0 fully saturated rings. The van der Waals surface area contributed by atoms with Gasteiger partial charge in [0.05, 0.1) is 25.9 Å². The van der Waals surface area contributed by atoms with E-state index in [0.29, 0.717) is 17.1 Å². The third-order valence-corrected chi connectivity index (χ3v) is 4.06. The lowest BCUT2D eigenvalue weighted by Gasteiger charge is -2.18. The molecule has 7 heteroatoms. The maximum atomic E-state index is 12.6. The fourth-order valence-corrected chi connectivity index (χ4v) is 2.64. The van der Waals surface area contributed by atoms with Gasteiger partial charge in [0, 0.05) is 11.1 Å². The molecule has 0 unspecified atom stereocenters. The first kappa shape index (κ1) is 17.5. The molecule has 2 aromatic carbocycles. The van der Waals surface area contributed by atoms with Gasteiger partial charge in [-0.15, -0.1) is 0 Å². The van der Waals surface area contributed by atoms with E-state index in [1.54, 1.807) is 37.4 Å². The Bertz CT molecular complexity index is 876.